The number of nitrogens with zero attached hydrogens (tertiary/aromatic N) is 4. The average molecular weight is 375 g/mol. The molecular formula is C24H30N4. The van der Waals surface area contributed by atoms with E-state index in [9.17, 15) is 0 Å². The molecule has 1 aliphatic carbocycles. The Morgan fingerprint density at radius 2 is 1.89 bits per heavy atom. The molecule has 4 heteroatoms. The number of rotatable bonds is 7. The monoisotopic (exact) mass is 374 g/mol. The van der Waals surface area contributed by atoms with Crippen LogP contribution < -0.4 is 0 Å². The second-order valence-electron chi connectivity index (χ2n) is 7.97. The maximum Gasteiger partial charge on any atom is 0.0827 e. The second kappa shape index (κ2) is 8.68. The minimum absolute atomic E-state index is 0.746. The van der Waals surface area contributed by atoms with Gasteiger partial charge in [0.15, 0.2) is 0 Å². The van der Waals surface area contributed by atoms with E-state index < -0.39 is 0 Å². The van der Waals surface area contributed by atoms with Crippen molar-refractivity contribution in [1.29, 1.82) is 0 Å². The zero-order valence-electron chi connectivity index (χ0n) is 17.1. The molecule has 4 nitrogen and oxygen atoms in total. The zero-order valence-corrected chi connectivity index (χ0v) is 17.1. The summed E-state index contributed by atoms with van der Waals surface area (Å²) in [5.74, 6) is 0. The van der Waals surface area contributed by atoms with E-state index in [4.69, 9.17) is 4.98 Å². The Morgan fingerprint density at radius 3 is 2.79 bits per heavy atom. The number of benzene rings is 1. The first-order valence-electron chi connectivity index (χ1n) is 10.7. The van der Waals surface area contributed by atoms with Gasteiger partial charge in [0.25, 0.3) is 0 Å². The van der Waals surface area contributed by atoms with E-state index in [1.165, 1.54) is 60.1 Å². The van der Waals surface area contributed by atoms with Gasteiger partial charge in [-0.25, -0.2) is 4.68 Å². The second-order valence-corrected chi connectivity index (χ2v) is 7.97. The normalized spacial score (nSPS) is 13.1. The first kappa shape index (κ1) is 18.9. The molecule has 0 radical (unpaired) electrons. The van der Waals surface area contributed by atoms with Crippen molar-refractivity contribution in [3.8, 4) is 11.3 Å². The van der Waals surface area contributed by atoms with Crippen molar-refractivity contribution < 1.29 is 0 Å². The molecule has 0 aliphatic heterocycles. The van der Waals surface area contributed by atoms with Crippen LogP contribution in [0.2, 0.25) is 0 Å². The van der Waals surface area contributed by atoms with Crippen LogP contribution >= 0.6 is 0 Å². The molecule has 1 aliphatic rings. The van der Waals surface area contributed by atoms with Crippen molar-refractivity contribution in [3.05, 3.63) is 64.6 Å². The topological polar surface area (TPSA) is 43.6 Å². The largest absolute Gasteiger partial charge is 0.252 e. The minimum atomic E-state index is 0.746. The first-order valence-corrected chi connectivity index (χ1v) is 10.7. The number of unbranched alkanes of at least 4 members (excludes halogenated alkanes) is 3. The van der Waals surface area contributed by atoms with Gasteiger partial charge in [0.1, 0.15) is 0 Å². The summed E-state index contributed by atoms with van der Waals surface area (Å²) in [6, 6.07) is 11.1. The van der Waals surface area contributed by atoms with E-state index in [1.807, 2.05) is 4.68 Å². The highest BCUT2D eigenvalue weighted by Gasteiger charge is 2.17. The van der Waals surface area contributed by atoms with Gasteiger partial charge in [-0.15, -0.1) is 5.10 Å². The summed E-state index contributed by atoms with van der Waals surface area (Å²) < 4.78 is 1.97. The van der Waals surface area contributed by atoms with Crippen molar-refractivity contribution in [1.82, 2.24) is 20.0 Å². The Hall–Kier alpha value is -2.49. The van der Waals surface area contributed by atoms with Crippen LogP contribution in [0.4, 0.5) is 0 Å². The van der Waals surface area contributed by atoms with E-state index in [0.717, 1.165) is 37.2 Å². The van der Waals surface area contributed by atoms with Crippen LogP contribution in [0.15, 0.2) is 36.5 Å². The Balaban J connectivity index is 1.53. The Kier molecular flexibility index (Phi) is 5.84. The maximum absolute atomic E-state index is 5.03. The number of hydrogen-bond acceptors (Lipinski definition) is 3. The van der Waals surface area contributed by atoms with Crippen LogP contribution in [0, 0.1) is 6.92 Å². The molecule has 28 heavy (non-hydrogen) atoms. The van der Waals surface area contributed by atoms with Gasteiger partial charge in [-0.05, 0) is 61.8 Å². The first-order chi connectivity index (χ1) is 13.7. The van der Waals surface area contributed by atoms with Crippen molar-refractivity contribution in [2.24, 2.45) is 0 Å². The molecule has 1 aromatic carbocycles. The SMILES string of the molecule is CCCCCCc1cn(Cc2cc3c(nc2C)-c2ccccc2CCC3)nn1. The molecule has 0 spiro atoms. The van der Waals surface area contributed by atoms with Crippen molar-refractivity contribution in [3.63, 3.8) is 0 Å². The smallest absolute Gasteiger partial charge is 0.0827 e. The van der Waals surface area contributed by atoms with E-state index in [-0.39, 0.29) is 0 Å². The maximum atomic E-state index is 5.03. The third kappa shape index (κ3) is 4.16. The van der Waals surface area contributed by atoms with Gasteiger partial charge < -0.3 is 0 Å². The van der Waals surface area contributed by atoms with Crippen LogP contribution in [0.3, 0.4) is 0 Å². The lowest BCUT2D eigenvalue weighted by Crippen LogP contribution is -2.06. The molecule has 0 fully saturated rings. The summed E-state index contributed by atoms with van der Waals surface area (Å²) in [5, 5.41) is 8.72. The van der Waals surface area contributed by atoms with Crippen molar-refractivity contribution in [2.45, 2.75) is 71.8 Å². The van der Waals surface area contributed by atoms with Gasteiger partial charge in [0.05, 0.1) is 17.9 Å². The number of aryl methyl sites for hydroxylation is 4. The molecule has 0 bridgehead atoms. The lowest BCUT2D eigenvalue weighted by Gasteiger charge is -2.13. The molecule has 2 aromatic heterocycles. The summed E-state index contributed by atoms with van der Waals surface area (Å²) in [7, 11) is 0. The molecule has 0 saturated heterocycles. The third-order valence-corrected chi connectivity index (χ3v) is 5.77. The van der Waals surface area contributed by atoms with Crippen LogP contribution in [0.1, 0.15) is 67.1 Å². The van der Waals surface area contributed by atoms with Gasteiger partial charge in [0.2, 0.25) is 0 Å². The standard InChI is InChI=1S/C24H30N4/c1-3-4-5-6-13-22-17-28(27-26-22)16-21-15-20-12-9-11-19-10-7-8-14-23(19)24(20)25-18(21)2/h7-8,10,14-15,17H,3-6,9,11-13,16H2,1-2H3. The fraction of sp³-hybridized carbons (Fsp3) is 0.458. The highest BCUT2D eigenvalue weighted by Crippen LogP contribution is 2.32. The van der Waals surface area contributed by atoms with E-state index in [1.54, 1.807) is 0 Å². The highest BCUT2D eigenvalue weighted by atomic mass is 15.4. The molecule has 0 amide bonds. The zero-order chi connectivity index (χ0) is 19.3. The van der Waals surface area contributed by atoms with E-state index in [2.05, 4.69) is 60.7 Å². The Morgan fingerprint density at radius 1 is 1.04 bits per heavy atom. The molecule has 146 valence electrons. The number of fused-ring (bicyclic) bond motifs is 3. The molecule has 0 atom stereocenters. The van der Waals surface area contributed by atoms with Gasteiger partial charge >= 0.3 is 0 Å². The summed E-state index contributed by atoms with van der Waals surface area (Å²) in [4.78, 5) is 5.03. The van der Waals surface area contributed by atoms with Gasteiger partial charge in [-0.3, -0.25) is 4.98 Å². The lowest BCUT2D eigenvalue weighted by molar-refractivity contribution is 0.642. The van der Waals surface area contributed by atoms with E-state index >= 15 is 0 Å². The summed E-state index contributed by atoms with van der Waals surface area (Å²) >= 11 is 0. The van der Waals surface area contributed by atoms with Crippen LogP contribution in [-0.2, 0) is 25.8 Å². The number of hydrogen-bond donors (Lipinski definition) is 0. The predicted octanol–water partition coefficient (Wildman–Crippen LogP) is 5.31. The average Bonchev–Trinajstić information content (AvgIpc) is 3.07. The third-order valence-electron chi connectivity index (χ3n) is 5.77. The summed E-state index contributed by atoms with van der Waals surface area (Å²) in [6.45, 7) is 5.10. The minimum Gasteiger partial charge on any atom is -0.252 e. The van der Waals surface area contributed by atoms with Crippen molar-refractivity contribution >= 4 is 0 Å². The lowest BCUT2D eigenvalue weighted by atomic mass is 10.00. The summed E-state index contributed by atoms with van der Waals surface area (Å²) in [5.41, 5.74) is 8.71. The van der Waals surface area contributed by atoms with Gasteiger partial charge in [0, 0.05) is 17.5 Å². The van der Waals surface area contributed by atoms with Gasteiger partial charge in [-0.1, -0.05) is 55.7 Å². The molecular weight excluding hydrogens is 344 g/mol. The van der Waals surface area contributed by atoms with E-state index in [0.29, 0.717) is 0 Å². The fourth-order valence-electron chi connectivity index (χ4n) is 4.15. The van der Waals surface area contributed by atoms with Crippen molar-refractivity contribution in [2.75, 3.05) is 0 Å². The number of aromatic nitrogens is 4. The molecule has 2 heterocycles. The predicted molar refractivity (Wildman–Crippen MR) is 113 cm³/mol. The molecule has 0 unspecified atom stereocenters. The van der Waals surface area contributed by atoms with Gasteiger partial charge in [-0.2, -0.15) is 0 Å². The quantitative estimate of drug-likeness (QED) is 0.527. The van der Waals surface area contributed by atoms with Crippen LogP contribution in [-0.4, -0.2) is 20.0 Å². The Labute approximate surface area is 168 Å². The molecule has 4 rings (SSSR count). The molecule has 0 N–H and O–H groups in total. The number of pyridine rings is 1. The fourth-order valence-corrected chi connectivity index (χ4v) is 4.15. The van der Waals surface area contributed by atoms with Crippen LogP contribution in [0.5, 0.6) is 0 Å². The van der Waals surface area contributed by atoms with Crippen LogP contribution in [0.25, 0.3) is 11.3 Å². The molecule has 3 aromatic rings. The Bertz CT molecular complexity index is 942. The summed E-state index contributed by atoms with van der Waals surface area (Å²) in [6.07, 6.45) is 11.6. The molecule has 0 saturated carbocycles. The highest BCUT2D eigenvalue weighted by molar-refractivity contribution is 5.68.